The molecule has 85 heavy (non-hydrogen) atoms. The van der Waals surface area contributed by atoms with Crippen LogP contribution in [0.4, 0.5) is 17.1 Å². The number of benzene rings is 14. The van der Waals surface area contributed by atoms with Gasteiger partial charge in [-0.15, -0.1) is 0 Å². The van der Waals surface area contributed by atoms with Crippen LogP contribution < -0.4 is 4.90 Å². The molecule has 0 amide bonds. The zero-order valence-corrected chi connectivity index (χ0v) is 48.4. The second kappa shape index (κ2) is 21.9. The Bertz CT molecular complexity index is 4850. The van der Waals surface area contributed by atoms with Crippen molar-refractivity contribution < 1.29 is 0 Å². The Morgan fingerprint density at radius 1 is 0.376 bits per heavy atom. The first-order valence-electron chi connectivity index (χ1n) is 30.5. The number of rotatable bonds is 11. The van der Waals surface area contributed by atoms with E-state index in [1.165, 1.54) is 138 Å². The van der Waals surface area contributed by atoms with Gasteiger partial charge in [0.05, 0.1) is 0 Å². The minimum absolute atomic E-state index is 0.0897. The second-order valence-corrected chi connectivity index (χ2v) is 23.2. The maximum absolute atomic E-state index is 2.56. The Labute approximate surface area is 499 Å². The molecule has 2 aliphatic carbocycles. The van der Waals surface area contributed by atoms with Crippen LogP contribution in [0.3, 0.4) is 0 Å². The van der Waals surface area contributed by atoms with Gasteiger partial charge in [-0.3, -0.25) is 0 Å². The lowest BCUT2D eigenvalue weighted by atomic mass is 9.80. The number of hydrogen-bond acceptors (Lipinski definition) is 1. The van der Waals surface area contributed by atoms with Gasteiger partial charge in [0.25, 0.3) is 0 Å². The third-order valence-electron chi connectivity index (χ3n) is 18.2. The van der Waals surface area contributed by atoms with Crippen LogP contribution in [-0.4, -0.2) is 0 Å². The first-order chi connectivity index (χ1) is 42.0. The number of hydrogen-bond donors (Lipinski definition) is 0. The third-order valence-corrected chi connectivity index (χ3v) is 18.2. The van der Waals surface area contributed by atoms with E-state index in [1.54, 1.807) is 0 Å². The molecule has 406 valence electrons. The van der Waals surface area contributed by atoms with Crippen LogP contribution in [0.15, 0.2) is 291 Å². The normalized spacial score (nSPS) is 14.4. The summed E-state index contributed by atoms with van der Waals surface area (Å²) in [6.07, 6.45) is 6.99. The van der Waals surface area contributed by atoms with Gasteiger partial charge in [-0.2, -0.15) is 0 Å². The van der Waals surface area contributed by atoms with Gasteiger partial charge in [-0.25, -0.2) is 0 Å². The highest BCUT2D eigenvalue weighted by Crippen LogP contribution is 2.53. The number of nitrogens with zero attached hydrogens (tertiary/aromatic N) is 1. The van der Waals surface area contributed by atoms with E-state index in [-0.39, 0.29) is 5.92 Å². The van der Waals surface area contributed by atoms with E-state index in [1.807, 2.05) is 13.8 Å². The average molecular weight is 1090 g/mol. The van der Waals surface area contributed by atoms with E-state index >= 15 is 0 Å². The number of anilines is 3. The molecule has 0 spiro atoms. The summed E-state index contributed by atoms with van der Waals surface area (Å²) in [7, 11) is 0. The molecule has 3 unspecified atom stereocenters. The van der Waals surface area contributed by atoms with Crippen LogP contribution in [0, 0.1) is 12.8 Å². The fraction of sp³-hybridized carbons (Fsp3) is 0.0952. The van der Waals surface area contributed by atoms with E-state index in [0.29, 0.717) is 11.8 Å². The fourth-order valence-corrected chi connectivity index (χ4v) is 13.8. The number of fused-ring (bicyclic) bond motifs is 8. The lowest BCUT2D eigenvalue weighted by molar-refractivity contribution is 0.805. The zero-order chi connectivity index (χ0) is 57.0. The standard InChI is InChI=1S/C82H59N.C2H6/c1-53-25-28-62(29-26-53)82-76-46-43-69(83(68-42-36-55-13-5-6-18-63(55)49-68)67-40-37-59(38-41-67)73-24-12-20-57-15-8-10-22-71(57)73)52-80(76)81(61-16-3-2-4-17-61)75-45-39-65(51-79(75)82)77(48-54-27-44-74-64(47-54)34-35-66-50-78(66)74)60-32-30-58(31-33-60)72-23-11-19-56-14-7-9-21-70(56)72;1-2/h2-47,49,51-52,66,77-78H,48,50H2,1H3;1-2H3. The predicted molar refractivity (Wildman–Crippen MR) is 365 cm³/mol. The molecule has 1 fully saturated rings. The molecule has 1 heteroatoms. The van der Waals surface area contributed by atoms with Crippen molar-refractivity contribution in [2.24, 2.45) is 5.92 Å². The largest absolute Gasteiger partial charge is 0.310 e. The molecule has 1 nitrogen and oxygen atoms in total. The molecule has 0 bridgehead atoms. The van der Waals surface area contributed by atoms with Gasteiger partial charge in [0.15, 0.2) is 0 Å². The SMILES string of the molecule is CC.Cc1ccc(-c2c3ccc(N(c4ccc(-c5cccc6ccccc56)cc4)c4ccc5ccccc5c4)cc3c(-c3ccccc3)c3ccc(C(Cc4ccc5c(c4)C=CC4CC54)c4ccc(-c5cccc6ccccc56)cc4)cc23)cc1. The summed E-state index contributed by atoms with van der Waals surface area (Å²) in [5.74, 6) is 1.49. The summed E-state index contributed by atoms with van der Waals surface area (Å²) >= 11 is 0. The highest BCUT2D eigenvalue weighted by Gasteiger charge is 2.39. The van der Waals surface area contributed by atoms with Gasteiger partial charge in [0.1, 0.15) is 0 Å². The van der Waals surface area contributed by atoms with Gasteiger partial charge in [-0.1, -0.05) is 274 Å². The van der Waals surface area contributed by atoms with Gasteiger partial charge < -0.3 is 4.90 Å². The highest BCUT2D eigenvalue weighted by atomic mass is 15.1. The summed E-state index contributed by atoms with van der Waals surface area (Å²) in [5.41, 5.74) is 21.3. The van der Waals surface area contributed by atoms with Crippen molar-refractivity contribution in [1.29, 1.82) is 0 Å². The minimum Gasteiger partial charge on any atom is -0.310 e. The van der Waals surface area contributed by atoms with Gasteiger partial charge in [0, 0.05) is 23.0 Å². The Morgan fingerprint density at radius 2 is 0.906 bits per heavy atom. The van der Waals surface area contributed by atoms with Crippen molar-refractivity contribution in [2.75, 3.05) is 4.90 Å². The second-order valence-electron chi connectivity index (χ2n) is 23.2. The topological polar surface area (TPSA) is 3.24 Å². The Balaban J connectivity index is 0.00000303. The average Bonchev–Trinajstić information content (AvgIpc) is 1.68. The molecule has 0 aromatic heterocycles. The van der Waals surface area contributed by atoms with Gasteiger partial charge in [-0.05, 0) is 200 Å². The van der Waals surface area contributed by atoms with E-state index in [0.717, 1.165) is 23.5 Å². The van der Waals surface area contributed by atoms with Crippen LogP contribution in [0.5, 0.6) is 0 Å². The van der Waals surface area contributed by atoms with Crippen molar-refractivity contribution in [3.63, 3.8) is 0 Å². The minimum atomic E-state index is 0.0897. The van der Waals surface area contributed by atoms with Crippen molar-refractivity contribution in [2.45, 2.75) is 45.4 Å². The predicted octanol–water partition coefficient (Wildman–Crippen LogP) is 23.4. The molecular weight excluding hydrogens is 1020 g/mol. The quantitative estimate of drug-likeness (QED) is 0.117. The van der Waals surface area contributed by atoms with Crippen molar-refractivity contribution >= 4 is 77.0 Å². The van der Waals surface area contributed by atoms with Crippen molar-refractivity contribution in [3.05, 3.63) is 325 Å². The molecule has 0 N–H and O–H groups in total. The van der Waals surface area contributed by atoms with Crippen LogP contribution in [-0.2, 0) is 6.42 Å². The van der Waals surface area contributed by atoms with Gasteiger partial charge >= 0.3 is 0 Å². The van der Waals surface area contributed by atoms with Crippen LogP contribution in [0.25, 0.3) is 104 Å². The molecule has 2 aliphatic rings. The highest BCUT2D eigenvalue weighted by molar-refractivity contribution is 6.22. The summed E-state index contributed by atoms with van der Waals surface area (Å²) < 4.78 is 0. The lowest BCUT2D eigenvalue weighted by Gasteiger charge is -2.28. The monoisotopic (exact) mass is 1090 g/mol. The summed E-state index contributed by atoms with van der Waals surface area (Å²) in [6, 6.07) is 107. The van der Waals surface area contributed by atoms with E-state index in [4.69, 9.17) is 0 Å². The maximum atomic E-state index is 2.56. The van der Waals surface area contributed by atoms with Crippen molar-refractivity contribution in [3.8, 4) is 44.5 Å². The number of aryl methyl sites for hydroxylation is 1. The smallest absolute Gasteiger partial charge is 0.0468 e. The number of allylic oxidation sites excluding steroid dienone is 1. The van der Waals surface area contributed by atoms with E-state index < -0.39 is 0 Å². The summed E-state index contributed by atoms with van der Waals surface area (Å²) in [5, 5.41) is 12.4. The Morgan fingerprint density at radius 3 is 1.60 bits per heavy atom. The molecule has 1 saturated carbocycles. The fourth-order valence-electron chi connectivity index (χ4n) is 13.8. The molecule has 0 radical (unpaired) electrons. The first-order valence-corrected chi connectivity index (χ1v) is 30.5. The summed E-state index contributed by atoms with van der Waals surface area (Å²) in [4.78, 5) is 2.45. The van der Waals surface area contributed by atoms with Crippen LogP contribution in [0.1, 0.15) is 65.5 Å². The molecule has 16 rings (SSSR count). The Hall–Kier alpha value is -10.1. The lowest BCUT2D eigenvalue weighted by Crippen LogP contribution is -2.10. The Kier molecular flexibility index (Phi) is 13.3. The zero-order valence-electron chi connectivity index (χ0n) is 48.4. The van der Waals surface area contributed by atoms with Crippen molar-refractivity contribution in [1.82, 2.24) is 0 Å². The molecule has 0 saturated heterocycles. The van der Waals surface area contributed by atoms with Gasteiger partial charge in [0.2, 0.25) is 0 Å². The summed E-state index contributed by atoms with van der Waals surface area (Å²) in [6.45, 7) is 6.19. The van der Waals surface area contributed by atoms with E-state index in [9.17, 15) is 0 Å². The molecule has 0 heterocycles. The molecule has 0 aliphatic heterocycles. The first kappa shape index (κ1) is 51.8. The maximum Gasteiger partial charge on any atom is 0.0468 e. The molecular formula is C84H65N. The van der Waals surface area contributed by atoms with Crippen LogP contribution in [0.2, 0.25) is 0 Å². The van der Waals surface area contributed by atoms with E-state index in [2.05, 4.69) is 309 Å². The van der Waals surface area contributed by atoms with Crippen LogP contribution >= 0.6 is 0 Å². The molecule has 14 aromatic carbocycles. The molecule has 3 atom stereocenters. The third kappa shape index (κ3) is 9.57. The molecule has 14 aromatic rings.